The van der Waals surface area contributed by atoms with Gasteiger partial charge in [-0.2, -0.15) is 0 Å². The summed E-state index contributed by atoms with van der Waals surface area (Å²) in [6.45, 7) is 0. The molecule has 0 aliphatic carbocycles. The summed E-state index contributed by atoms with van der Waals surface area (Å²) >= 11 is 0. The first-order valence-electron chi connectivity index (χ1n) is 6.10. The van der Waals surface area contributed by atoms with Crippen LogP contribution in [-0.4, -0.2) is 9.97 Å². The van der Waals surface area contributed by atoms with Crippen LogP contribution in [0, 0.1) is 0 Å². The van der Waals surface area contributed by atoms with Crippen LogP contribution in [0.2, 0.25) is 0 Å². The maximum Gasteiger partial charge on any atom is 0.227 e. The van der Waals surface area contributed by atoms with E-state index in [4.69, 9.17) is 4.42 Å². The minimum atomic E-state index is 0.633. The molecule has 0 spiro atoms. The lowest BCUT2D eigenvalue weighted by Crippen LogP contribution is -1.78. The first kappa shape index (κ1) is 10.3. The predicted octanol–water partition coefficient (Wildman–Crippen LogP) is 4.04. The molecule has 0 aliphatic heterocycles. The number of fused-ring (bicyclic) bond motifs is 3. The van der Waals surface area contributed by atoms with Crippen molar-refractivity contribution in [1.82, 2.24) is 9.97 Å². The van der Waals surface area contributed by atoms with Crippen LogP contribution in [0.25, 0.3) is 33.3 Å². The van der Waals surface area contributed by atoms with Crippen LogP contribution in [0.1, 0.15) is 0 Å². The number of pyridine rings is 1. The molecule has 0 amide bonds. The van der Waals surface area contributed by atoms with Gasteiger partial charge in [-0.3, -0.25) is 4.98 Å². The van der Waals surface area contributed by atoms with Crippen molar-refractivity contribution in [2.75, 3.05) is 0 Å². The first-order valence-corrected chi connectivity index (χ1v) is 6.10. The van der Waals surface area contributed by atoms with Gasteiger partial charge in [-0.05, 0) is 23.6 Å². The Labute approximate surface area is 109 Å². The van der Waals surface area contributed by atoms with Crippen molar-refractivity contribution >= 4 is 21.9 Å². The van der Waals surface area contributed by atoms with Gasteiger partial charge in [-0.1, -0.05) is 30.3 Å². The lowest BCUT2D eigenvalue weighted by atomic mass is 10.1. The molecule has 3 nitrogen and oxygen atoms in total. The monoisotopic (exact) mass is 246 g/mol. The van der Waals surface area contributed by atoms with Gasteiger partial charge >= 0.3 is 0 Å². The van der Waals surface area contributed by atoms with Gasteiger partial charge in [0.2, 0.25) is 5.89 Å². The molecule has 0 saturated heterocycles. The Bertz CT molecular complexity index is 866. The Morgan fingerprint density at radius 3 is 2.58 bits per heavy atom. The fourth-order valence-electron chi connectivity index (χ4n) is 2.28. The molecule has 0 atom stereocenters. The molecule has 2 heterocycles. The average molecular weight is 246 g/mol. The number of nitrogens with zero attached hydrogens (tertiary/aromatic N) is 2. The Morgan fingerprint density at radius 1 is 0.842 bits per heavy atom. The summed E-state index contributed by atoms with van der Waals surface area (Å²) in [5, 5.41) is 2.29. The van der Waals surface area contributed by atoms with Crippen LogP contribution in [-0.2, 0) is 0 Å². The van der Waals surface area contributed by atoms with E-state index in [1.165, 1.54) is 5.39 Å². The highest BCUT2D eigenvalue weighted by Crippen LogP contribution is 2.29. The topological polar surface area (TPSA) is 38.9 Å². The largest absolute Gasteiger partial charge is 0.436 e. The maximum atomic E-state index is 5.82. The molecule has 0 N–H and O–H groups in total. The van der Waals surface area contributed by atoms with Crippen molar-refractivity contribution in [1.29, 1.82) is 0 Å². The second-order valence-electron chi connectivity index (χ2n) is 4.39. The van der Waals surface area contributed by atoms with Crippen molar-refractivity contribution in [2.24, 2.45) is 0 Å². The van der Waals surface area contributed by atoms with Crippen molar-refractivity contribution in [3.05, 3.63) is 60.9 Å². The molecule has 2 aromatic carbocycles. The molecule has 0 bridgehead atoms. The SMILES string of the molecule is c1ccc2c(c1)ccc1oc(-c3ccncc3)nc12. The third-order valence-electron chi connectivity index (χ3n) is 3.21. The van der Waals surface area contributed by atoms with Crippen LogP contribution >= 0.6 is 0 Å². The van der Waals surface area contributed by atoms with E-state index in [-0.39, 0.29) is 0 Å². The van der Waals surface area contributed by atoms with Gasteiger partial charge in [0, 0.05) is 23.3 Å². The Kier molecular flexibility index (Phi) is 2.12. The normalized spacial score (nSPS) is 11.2. The zero-order valence-electron chi connectivity index (χ0n) is 10.1. The number of hydrogen-bond donors (Lipinski definition) is 0. The van der Waals surface area contributed by atoms with Crippen LogP contribution in [0.4, 0.5) is 0 Å². The van der Waals surface area contributed by atoms with Crippen LogP contribution in [0.15, 0.2) is 65.3 Å². The Hall–Kier alpha value is -2.68. The van der Waals surface area contributed by atoms with E-state index in [1.54, 1.807) is 12.4 Å². The van der Waals surface area contributed by atoms with E-state index in [1.807, 2.05) is 30.3 Å². The second-order valence-corrected chi connectivity index (χ2v) is 4.39. The summed E-state index contributed by atoms with van der Waals surface area (Å²) in [6, 6.07) is 16.0. The quantitative estimate of drug-likeness (QED) is 0.508. The molecule has 0 aliphatic rings. The zero-order chi connectivity index (χ0) is 12.7. The summed E-state index contributed by atoms with van der Waals surface area (Å²) in [5.74, 6) is 0.633. The van der Waals surface area contributed by atoms with Crippen molar-refractivity contribution < 1.29 is 4.42 Å². The summed E-state index contributed by atoms with van der Waals surface area (Å²) < 4.78 is 5.82. The molecule has 0 radical (unpaired) electrons. The third-order valence-corrected chi connectivity index (χ3v) is 3.21. The first-order chi connectivity index (χ1) is 9.42. The lowest BCUT2D eigenvalue weighted by Gasteiger charge is -1.95. The number of rotatable bonds is 1. The summed E-state index contributed by atoms with van der Waals surface area (Å²) in [7, 11) is 0. The standard InChI is InChI=1S/C16H10N2O/c1-2-4-13-11(3-1)5-6-14-15(13)18-16(19-14)12-7-9-17-10-8-12/h1-10H. The van der Waals surface area contributed by atoms with E-state index >= 15 is 0 Å². The van der Waals surface area contributed by atoms with Crippen LogP contribution in [0.3, 0.4) is 0 Å². The molecule has 2 aromatic heterocycles. The Morgan fingerprint density at radius 2 is 1.68 bits per heavy atom. The van der Waals surface area contributed by atoms with Crippen molar-refractivity contribution in [3.63, 3.8) is 0 Å². The van der Waals surface area contributed by atoms with E-state index in [9.17, 15) is 0 Å². The van der Waals surface area contributed by atoms with Gasteiger partial charge in [0.1, 0.15) is 5.52 Å². The molecule has 3 heteroatoms. The van der Waals surface area contributed by atoms with Gasteiger partial charge in [0.15, 0.2) is 5.58 Å². The van der Waals surface area contributed by atoms with Crippen molar-refractivity contribution in [2.45, 2.75) is 0 Å². The average Bonchev–Trinajstić information content (AvgIpc) is 2.93. The highest BCUT2D eigenvalue weighted by molar-refractivity contribution is 6.03. The van der Waals surface area contributed by atoms with E-state index in [0.29, 0.717) is 5.89 Å². The molecular formula is C16H10N2O. The smallest absolute Gasteiger partial charge is 0.227 e. The van der Waals surface area contributed by atoms with Crippen LogP contribution < -0.4 is 0 Å². The molecule has 90 valence electrons. The van der Waals surface area contributed by atoms with Gasteiger partial charge in [0.25, 0.3) is 0 Å². The number of aromatic nitrogens is 2. The minimum Gasteiger partial charge on any atom is -0.436 e. The van der Waals surface area contributed by atoms with Crippen LogP contribution in [0.5, 0.6) is 0 Å². The highest BCUT2D eigenvalue weighted by Gasteiger charge is 2.10. The molecule has 4 aromatic rings. The summed E-state index contributed by atoms with van der Waals surface area (Å²) in [6.07, 6.45) is 3.48. The van der Waals surface area contributed by atoms with E-state index < -0.39 is 0 Å². The molecule has 19 heavy (non-hydrogen) atoms. The van der Waals surface area contributed by atoms with Gasteiger partial charge in [-0.25, -0.2) is 4.98 Å². The number of oxazole rings is 1. The summed E-state index contributed by atoms with van der Waals surface area (Å²) in [4.78, 5) is 8.62. The number of hydrogen-bond acceptors (Lipinski definition) is 3. The van der Waals surface area contributed by atoms with Crippen molar-refractivity contribution in [3.8, 4) is 11.5 Å². The Balaban J connectivity index is 2.04. The molecular weight excluding hydrogens is 236 g/mol. The lowest BCUT2D eigenvalue weighted by molar-refractivity contribution is 0.620. The van der Waals surface area contributed by atoms with Gasteiger partial charge < -0.3 is 4.42 Å². The van der Waals surface area contributed by atoms with Gasteiger partial charge in [0.05, 0.1) is 0 Å². The minimum absolute atomic E-state index is 0.633. The maximum absolute atomic E-state index is 5.82. The highest BCUT2D eigenvalue weighted by atomic mass is 16.3. The van der Waals surface area contributed by atoms with Gasteiger partial charge in [-0.15, -0.1) is 0 Å². The molecule has 4 rings (SSSR count). The predicted molar refractivity (Wildman–Crippen MR) is 74.7 cm³/mol. The third kappa shape index (κ3) is 1.59. The zero-order valence-corrected chi connectivity index (χ0v) is 10.1. The molecule has 0 unspecified atom stereocenters. The fraction of sp³-hybridized carbons (Fsp3) is 0. The molecule has 0 saturated carbocycles. The molecule has 0 fully saturated rings. The fourth-order valence-corrected chi connectivity index (χ4v) is 2.28. The number of benzene rings is 2. The second kappa shape index (κ2) is 3.92. The van der Waals surface area contributed by atoms with E-state index in [2.05, 4.69) is 28.2 Å². The summed E-state index contributed by atoms with van der Waals surface area (Å²) in [5.41, 5.74) is 2.66. The van der Waals surface area contributed by atoms with E-state index in [0.717, 1.165) is 22.0 Å².